The van der Waals surface area contributed by atoms with Crippen molar-refractivity contribution in [3.05, 3.63) is 18.3 Å². The van der Waals surface area contributed by atoms with E-state index in [4.69, 9.17) is 4.74 Å². The molecule has 2 saturated heterocycles. The lowest BCUT2D eigenvalue weighted by Gasteiger charge is -2.41. The second kappa shape index (κ2) is 7.06. The van der Waals surface area contributed by atoms with Crippen LogP contribution < -0.4 is 9.64 Å². The number of anilines is 1. The van der Waals surface area contributed by atoms with E-state index in [1.54, 1.807) is 7.11 Å². The van der Waals surface area contributed by atoms with Crippen molar-refractivity contribution in [2.24, 2.45) is 5.41 Å². The van der Waals surface area contributed by atoms with E-state index in [9.17, 15) is 9.90 Å². The number of aliphatic hydroxyl groups is 1. The van der Waals surface area contributed by atoms with Gasteiger partial charge in [-0.05, 0) is 51.0 Å². The van der Waals surface area contributed by atoms with E-state index in [-0.39, 0.29) is 11.5 Å². The molecule has 26 heavy (non-hydrogen) atoms. The van der Waals surface area contributed by atoms with E-state index in [2.05, 4.69) is 14.8 Å². The zero-order chi connectivity index (χ0) is 18.1. The molecule has 1 aromatic heterocycles. The standard InChI is InChI=1S/C20H29N3O3/c1-26-18-8-5-16(13-21-18)22-11-2-9-20(14-22)10-12-23(19(20)25)15-3-6-17(24)7-4-15/h5,8,13,15,17,24H,2-4,6-7,9-12,14H2,1H3/t15-,17-,20-/m1/s1. The summed E-state index contributed by atoms with van der Waals surface area (Å²) in [6.45, 7) is 2.62. The van der Waals surface area contributed by atoms with Crippen LogP contribution in [0.5, 0.6) is 5.88 Å². The van der Waals surface area contributed by atoms with Crippen LogP contribution in [-0.4, -0.2) is 59.8 Å². The van der Waals surface area contributed by atoms with Gasteiger partial charge in [0.15, 0.2) is 0 Å². The topological polar surface area (TPSA) is 65.9 Å². The van der Waals surface area contributed by atoms with Gasteiger partial charge in [0.2, 0.25) is 11.8 Å². The van der Waals surface area contributed by atoms with E-state index in [0.717, 1.165) is 70.3 Å². The maximum absolute atomic E-state index is 13.3. The first-order chi connectivity index (χ1) is 12.6. The predicted molar refractivity (Wildman–Crippen MR) is 99.3 cm³/mol. The summed E-state index contributed by atoms with van der Waals surface area (Å²) >= 11 is 0. The summed E-state index contributed by atoms with van der Waals surface area (Å²) in [7, 11) is 1.62. The highest BCUT2D eigenvalue weighted by Crippen LogP contribution is 2.43. The van der Waals surface area contributed by atoms with Gasteiger partial charge in [-0.3, -0.25) is 4.79 Å². The number of aliphatic hydroxyl groups excluding tert-OH is 1. The Morgan fingerprint density at radius 2 is 2.00 bits per heavy atom. The lowest BCUT2D eigenvalue weighted by molar-refractivity contribution is -0.139. The first kappa shape index (κ1) is 17.6. The number of carbonyl (C=O) groups excluding carboxylic acids is 1. The summed E-state index contributed by atoms with van der Waals surface area (Å²) in [6.07, 6.45) is 8.17. The number of amides is 1. The third kappa shape index (κ3) is 3.15. The first-order valence-electron chi connectivity index (χ1n) is 9.85. The van der Waals surface area contributed by atoms with Gasteiger partial charge in [0.1, 0.15) is 0 Å². The smallest absolute Gasteiger partial charge is 0.230 e. The Morgan fingerprint density at radius 1 is 1.19 bits per heavy atom. The molecule has 1 saturated carbocycles. The first-order valence-corrected chi connectivity index (χ1v) is 9.85. The van der Waals surface area contributed by atoms with Crippen LogP contribution in [0, 0.1) is 5.41 Å². The van der Waals surface area contributed by atoms with Gasteiger partial charge >= 0.3 is 0 Å². The quantitative estimate of drug-likeness (QED) is 0.896. The molecule has 6 nitrogen and oxygen atoms in total. The van der Waals surface area contributed by atoms with Crippen LogP contribution in [0.15, 0.2) is 18.3 Å². The fourth-order valence-electron chi connectivity index (χ4n) is 4.98. The maximum Gasteiger partial charge on any atom is 0.230 e. The van der Waals surface area contributed by atoms with Crippen LogP contribution in [0.3, 0.4) is 0 Å². The monoisotopic (exact) mass is 359 g/mol. The number of pyridine rings is 1. The molecular weight excluding hydrogens is 330 g/mol. The van der Waals surface area contributed by atoms with Gasteiger partial charge in [0.05, 0.1) is 30.5 Å². The maximum atomic E-state index is 13.3. The van der Waals surface area contributed by atoms with Gasteiger partial charge in [-0.1, -0.05) is 0 Å². The second-order valence-corrected chi connectivity index (χ2v) is 8.08. The minimum atomic E-state index is -0.242. The highest BCUT2D eigenvalue weighted by Gasteiger charge is 2.50. The number of ether oxygens (including phenoxy) is 1. The number of piperidine rings is 1. The number of methoxy groups -OCH3 is 1. The van der Waals surface area contributed by atoms with Crippen molar-refractivity contribution in [2.75, 3.05) is 31.6 Å². The number of nitrogens with zero attached hydrogens (tertiary/aromatic N) is 3. The van der Waals surface area contributed by atoms with Crippen LogP contribution in [0.2, 0.25) is 0 Å². The molecule has 1 N–H and O–H groups in total. The molecule has 1 aliphatic carbocycles. The highest BCUT2D eigenvalue weighted by molar-refractivity contribution is 5.86. The second-order valence-electron chi connectivity index (χ2n) is 8.08. The van der Waals surface area contributed by atoms with Gasteiger partial charge in [0, 0.05) is 31.7 Å². The third-order valence-electron chi connectivity index (χ3n) is 6.52. The van der Waals surface area contributed by atoms with Crippen molar-refractivity contribution >= 4 is 11.6 Å². The molecule has 3 fully saturated rings. The van der Waals surface area contributed by atoms with Crippen LogP contribution in [0.4, 0.5) is 5.69 Å². The van der Waals surface area contributed by atoms with Gasteiger partial charge < -0.3 is 19.6 Å². The molecule has 1 aromatic rings. The molecule has 1 atom stereocenters. The lowest BCUT2D eigenvalue weighted by atomic mass is 9.78. The SMILES string of the molecule is COc1ccc(N2CCC[C@@]3(CCN([C@H]4CC[C@H](O)CC4)C3=O)C2)cn1. The molecule has 0 aromatic carbocycles. The van der Waals surface area contributed by atoms with Crippen molar-refractivity contribution in [2.45, 2.75) is 57.1 Å². The zero-order valence-electron chi connectivity index (χ0n) is 15.6. The van der Waals surface area contributed by atoms with E-state index >= 15 is 0 Å². The Morgan fingerprint density at radius 3 is 2.69 bits per heavy atom. The molecule has 1 spiro atoms. The van der Waals surface area contributed by atoms with Crippen molar-refractivity contribution in [1.82, 2.24) is 9.88 Å². The molecule has 4 rings (SSSR count). The summed E-state index contributed by atoms with van der Waals surface area (Å²) < 4.78 is 5.15. The average molecular weight is 359 g/mol. The Balaban J connectivity index is 1.46. The van der Waals surface area contributed by atoms with Crippen LogP contribution in [0.1, 0.15) is 44.9 Å². The molecule has 2 aliphatic heterocycles. The Bertz CT molecular complexity index is 642. The minimum absolute atomic E-state index is 0.175. The molecular formula is C20H29N3O3. The summed E-state index contributed by atoms with van der Waals surface area (Å²) in [4.78, 5) is 22.1. The number of likely N-dealkylation sites (tertiary alicyclic amines) is 1. The number of rotatable bonds is 3. The minimum Gasteiger partial charge on any atom is -0.481 e. The molecule has 3 heterocycles. The molecule has 142 valence electrons. The van der Waals surface area contributed by atoms with Gasteiger partial charge in [-0.2, -0.15) is 0 Å². The largest absolute Gasteiger partial charge is 0.481 e. The van der Waals surface area contributed by atoms with E-state index in [1.165, 1.54) is 0 Å². The number of carbonyl (C=O) groups is 1. The van der Waals surface area contributed by atoms with Crippen molar-refractivity contribution in [1.29, 1.82) is 0 Å². The van der Waals surface area contributed by atoms with Crippen molar-refractivity contribution in [3.63, 3.8) is 0 Å². The van der Waals surface area contributed by atoms with Crippen molar-refractivity contribution in [3.8, 4) is 5.88 Å². The Kier molecular flexibility index (Phi) is 4.78. The van der Waals surface area contributed by atoms with Crippen LogP contribution in [-0.2, 0) is 4.79 Å². The van der Waals surface area contributed by atoms with E-state index < -0.39 is 0 Å². The van der Waals surface area contributed by atoms with Crippen LogP contribution in [0.25, 0.3) is 0 Å². The van der Waals surface area contributed by atoms with E-state index in [1.807, 2.05) is 18.3 Å². The van der Waals surface area contributed by atoms with Crippen LogP contribution >= 0.6 is 0 Å². The molecule has 3 aliphatic rings. The average Bonchev–Trinajstić information content (AvgIpc) is 2.98. The zero-order valence-corrected chi connectivity index (χ0v) is 15.6. The summed E-state index contributed by atoms with van der Waals surface area (Å²) in [5.41, 5.74) is 0.825. The number of hydrogen-bond acceptors (Lipinski definition) is 5. The fourth-order valence-corrected chi connectivity index (χ4v) is 4.98. The van der Waals surface area contributed by atoms with Gasteiger partial charge in [-0.25, -0.2) is 4.98 Å². The molecule has 6 heteroatoms. The molecule has 0 bridgehead atoms. The molecule has 0 radical (unpaired) electrons. The number of aromatic nitrogens is 1. The molecule has 1 amide bonds. The Labute approximate surface area is 155 Å². The third-order valence-corrected chi connectivity index (χ3v) is 6.52. The van der Waals surface area contributed by atoms with E-state index in [0.29, 0.717) is 17.8 Å². The Hall–Kier alpha value is -1.82. The van der Waals surface area contributed by atoms with Crippen molar-refractivity contribution < 1.29 is 14.6 Å². The predicted octanol–water partition coefficient (Wildman–Crippen LogP) is 2.21. The lowest BCUT2D eigenvalue weighted by Crippen LogP contribution is -2.50. The molecule has 0 unspecified atom stereocenters. The van der Waals surface area contributed by atoms with Gasteiger partial charge in [0.25, 0.3) is 0 Å². The van der Waals surface area contributed by atoms with Gasteiger partial charge in [-0.15, -0.1) is 0 Å². The summed E-state index contributed by atoms with van der Waals surface area (Å²) in [5.74, 6) is 0.952. The number of hydrogen-bond donors (Lipinski definition) is 1. The highest BCUT2D eigenvalue weighted by atomic mass is 16.5. The summed E-state index contributed by atoms with van der Waals surface area (Å²) in [6, 6.07) is 4.24. The fraction of sp³-hybridized carbons (Fsp3) is 0.700. The normalized spacial score (nSPS) is 32.3. The summed E-state index contributed by atoms with van der Waals surface area (Å²) in [5, 5.41) is 9.75.